The molecule has 2 aromatic heterocycles. The van der Waals surface area contributed by atoms with E-state index >= 15 is 0 Å². The minimum Gasteiger partial charge on any atom is -0.469 e. The Balaban J connectivity index is 1.87. The molecule has 0 saturated heterocycles. The van der Waals surface area contributed by atoms with Crippen LogP contribution in [0.25, 0.3) is 0 Å². The number of halogens is 1. The number of hydrogen-bond donors (Lipinski definition) is 1. The summed E-state index contributed by atoms with van der Waals surface area (Å²) in [6.45, 7) is 1.95. The van der Waals surface area contributed by atoms with E-state index in [0.717, 1.165) is 18.6 Å². The van der Waals surface area contributed by atoms with Crippen LogP contribution in [-0.4, -0.2) is 16.9 Å². The van der Waals surface area contributed by atoms with Gasteiger partial charge in [-0.2, -0.15) is 0 Å². The molecule has 19 heavy (non-hydrogen) atoms. The lowest BCUT2D eigenvalue weighted by Gasteiger charge is -2.13. The topological polar surface area (TPSA) is 55.1 Å². The summed E-state index contributed by atoms with van der Waals surface area (Å²) in [6.07, 6.45) is 6.26. The molecule has 2 heterocycles. The first-order valence-corrected chi connectivity index (χ1v) is 6.47. The van der Waals surface area contributed by atoms with E-state index in [2.05, 4.69) is 10.3 Å². The van der Waals surface area contributed by atoms with E-state index in [1.807, 2.05) is 19.1 Å². The molecular weight excluding hydrogens is 264 g/mol. The molecule has 2 rings (SSSR count). The van der Waals surface area contributed by atoms with Gasteiger partial charge in [-0.15, -0.1) is 0 Å². The van der Waals surface area contributed by atoms with Gasteiger partial charge in [0.1, 0.15) is 5.76 Å². The van der Waals surface area contributed by atoms with Gasteiger partial charge in [0.25, 0.3) is 5.91 Å². The highest BCUT2D eigenvalue weighted by molar-refractivity contribution is 6.33. The quantitative estimate of drug-likeness (QED) is 0.914. The zero-order valence-corrected chi connectivity index (χ0v) is 11.4. The van der Waals surface area contributed by atoms with Crippen molar-refractivity contribution >= 4 is 17.5 Å². The fourth-order valence-corrected chi connectivity index (χ4v) is 1.95. The van der Waals surface area contributed by atoms with Crippen molar-refractivity contribution in [1.29, 1.82) is 0 Å². The molecule has 0 spiro atoms. The summed E-state index contributed by atoms with van der Waals surface area (Å²) in [5, 5.41) is 3.27. The lowest BCUT2D eigenvalue weighted by atomic mass is 10.1. The molecule has 0 aliphatic heterocycles. The fraction of sp³-hybridized carbons (Fsp3) is 0.286. The number of amides is 1. The van der Waals surface area contributed by atoms with E-state index in [9.17, 15) is 4.79 Å². The molecule has 100 valence electrons. The van der Waals surface area contributed by atoms with Crippen molar-refractivity contribution in [2.24, 2.45) is 0 Å². The van der Waals surface area contributed by atoms with Crippen molar-refractivity contribution in [2.45, 2.75) is 25.8 Å². The first-order chi connectivity index (χ1) is 9.16. The lowest BCUT2D eigenvalue weighted by molar-refractivity contribution is 0.0938. The molecule has 1 atom stereocenters. The third-order valence-electron chi connectivity index (χ3n) is 2.80. The summed E-state index contributed by atoms with van der Waals surface area (Å²) < 4.78 is 5.25. The van der Waals surface area contributed by atoms with Crippen molar-refractivity contribution in [1.82, 2.24) is 10.3 Å². The van der Waals surface area contributed by atoms with Crippen molar-refractivity contribution in [3.63, 3.8) is 0 Å². The van der Waals surface area contributed by atoms with Gasteiger partial charge in [0.15, 0.2) is 0 Å². The van der Waals surface area contributed by atoms with Gasteiger partial charge in [0.05, 0.1) is 16.8 Å². The van der Waals surface area contributed by atoms with Gasteiger partial charge in [0, 0.05) is 24.9 Å². The molecule has 1 amide bonds. The second kappa shape index (κ2) is 6.38. The summed E-state index contributed by atoms with van der Waals surface area (Å²) in [5.41, 5.74) is 0.446. The average Bonchev–Trinajstić information content (AvgIpc) is 2.90. The predicted octanol–water partition coefficient (Wildman–Crippen LogP) is 3.08. The number of nitrogens with zero attached hydrogens (tertiary/aromatic N) is 1. The van der Waals surface area contributed by atoms with Crippen LogP contribution in [0.4, 0.5) is 0 Å². The highest BCUT2D eigenvalue weighted by atomic mass is 35.5. The predicted molar refractivity (Wildman–Crippen MR) is 73.2 cm³/mol. The highest BCUT2D eigenvalue weighted by Crippen LogP contribution is 2.13. The SMILES string of the molecule is CC(CCc1ccco1)NC(=O)c1ccncc1Cl. The van der Waals surface area contributed by atoms with Crippen molar-refractivity contribution in [3.8, 4) is 0 Å². The van der Waals surface area contributed by atoms with Crippen molar-refractivity contribution < 1.29 is 9.21 Å². The molecule has 2 aromatic rings. The normalized spacial score (nSPS) is 12.1. The summed E-state index contributed by atoms with van der Waals surface area (Å²) in [7, 11) is 0. The van der Waals surface area contributed by atoms with Gasteiger partial charge in [-0.3, -0.25) is 9.78 Å². The molecule has 0 aromatic carbocycles. The van der Waals surface area contributed by atoms with Crippen LogP contribution in [0.5, 0.6) is 0 Å². The third kappa shape index (κ3) is 3.83. The number of aromatic nitrogens is 1. The monoisotopic (exact) mass is 278 g/mol. The van der Waals surface area contributed by atoms with Crippen LogP contribution in [-0.2, 0) is 6.42 Å². The molecule has 4 nitrogen and oxygen atoms in total. The first kappa shape index (κ1) is 13.6. The Morgan fingerprint density at radius 3 is 3.05 bits per heavy atom. The maximum Gasteiger partial charge on any atom is 0.253 e. The lowest BCUT2D eigenvalue weighted by Crippen LogP contribution is -2.33. The maximum atomic E-state index is 12.0. The number of hydrogen-bond acceptors (Lipinski definition) is 3. The van der Waals surface area contributed by atoms with Gasteiger partial charge in [0.2, 0.25) is 0 Å². The molecule has 5 heteroatoms. The zero-order chi connectivity index (χ0) is 13.7. The van der Waals surface area contributed by atoms with Gasteiger partial charge in [-0.1, -0.05) is 11.6 Å². The summed E-state index contributed by atoms with van der Waals surface area (Å²) in [6, 6.07) is 5.43. The molecule has 0 aliphatic carbocycles. The zero-order valence-electron chi connectivity index (χ0n) is 10.6. The molecule has 1 unspecified atom stereocenters. The smallest absolute Gasteiger partial charge is 0.253 e. The number of rotatable bonds is 5. The first-order valence-electron chi connectivity index (χ1n) is 6.09. The van der Waals surface area contributed by atoms with Gasteiger partial charge >= 0.3 is 0 Å². The molecule has 0 saturated carbocycles. The van der Waals surface area contributed by atoms with E-state index in [-0.39, 0.29) is 11.9 Å². The Morgan fingerprint density at radius 2 is 2.37 bits per heavy atom. The fourth-order valence-electron chi connectivity index (χ4n) is 1.75. The average molecular weight is 279 g/mol. The Labute approximate surface area is 116 Å². The van der Waals surface area contributed by atoms with Crippen LogP contribution < -0.4 is 5.32 Å². The Kier molecular flexibility index (Phi) is 4.58. The van der Waals surface area contributed by atoms with E-state index < -0.39 is 0 Å². The molecule has 0 aliphatic rings. The minimum atomic E-state index is -0.181. The largest absolute Gasteiger partial charge is 0.469 e. The van der Waals surface area contributed by atoms with E-state index in [0.29, 0.717) is 10.6 Å². The second-order valence-electron chi connectivity index (χ2n) is 4.35. The standard InChI is InChI=1S/C14H15ClN2O2/c1-10(4-5-11-3-2-8-19-11)17-14(18)12-6-7-16-9-13(12)15/h2-3,6-10H,4-5H2,1H3,(H,17,18). The molecule has 0 bridgehead atoms. The second-order valence-corrected chi connectivity index (χ2v) is 4.76. The van der Waals surface area contributed by atoms with Gasteiger partial charge in [-0.05, 0) is 31.5 Å². The molecule has 0 radical (unpaired) electrons. The maximum absolute atomic E-state index is 12.0. The number of aryl methyl sites for hydroxylation is 1. The van der Waals surface area contributed by atoms with Gasteiger partial charge in [-0.25, -0.2) is 0 Å². The van der Waals surface area contributed by atoms with Crippen LogP contribution in [0.15, 0.2) is 41.3 Å². The Hall–Kier alpha value is -1.81. The summed E-state index contributed by atoms with van der Waals surface area (Å²) in [4.78, 5) is 15.8. The van der Waals surface area contributed by atoms with Crippen molar-refractivity contribution in [3.05, 3.63) is 53.2 Å². The number of furan rings is 1. The van der Waals surface area contributed by atoms with E-state index in [1.54, 1.807) is 18.5 Å². The number of nitrogens with one attached hydrogen (secondary N) is 1. The Bertz CT molecular complexity index is 540. The van der Waals surface area contributed by atoms with Crippen LogP contribution in [0, 0.1) is 0 Å². The van der Waals surface area contributed by atoms with E-state index in [4.69, 9.17) is 16.0 Å². The molecule has 1 N–H and O–H groups in total. The molecular formula is C14H15ClN2O2. The van der Waals surface area contributed by atoms with Crippen LogP contribution >= 0.6 is 11.6 Å². The van der Waals surface area contributed by atoms with Crippen LogP contribution in [0.1, 0.15) is 29.5 Å². The number of carbonyl (C=O) groups excluding carboxylic acids is 1. The van der Waals surface area contributed by atoms with Gasteiger partial charge < -0.3 is 9.73 Å². The summed E-state index contributed by atoms with van der Waals surface area (Å²) >= 11 is 5.92. The minimum absolute atomic E-state index is 0.0434. The third-order valence-corrected chi connectivity index (χ3v) is 3.10. The number of carbonyl (C=O) groups is 1. The number of pyridine rings is 1. The summed E-state index contributed by atoms with van der Waals surface area (Å²) in [5.74, 6) is 0.738. The Morgan fingerprint density at radius 1 is 1.53 bits per heavy atom. The van der Waals surface area contributed by atoms with Crippen LogP contribution in [0.2, 0.25) is 5.02 Å². The van der Waals surface area contributed by atoms with Crippen molar-refractivity contribution in [2.75, 3.05) is 0 Å². The van der Waals surface area contributed by atoms with E-state index in [1.165, 1.54) is 6.20 Å². The highest BCUT2D eigenvalue weighted by Gasteiger charge is 2.13. The van der Waals surface area contributed by atoms with Crippen LogP contribution in [0.3, 0.4) is 0 Å². The molecule has 0 fully saturated rings.